The highest BCUT2D eigenvalue weighted by Gasteiger charge is 2.34. The van der Waals surface area contributed by atoms with Gasteiger partial charge in [-0.3, -0.25) is 9.59 Å². The Balaban J connectivity index is 1.63. The van der Waals surface area contributed by atoms with E-state index in [4.69, 9.17) is 11.6 Å². The van der Waals surface area contributed by atoms with Crippen molar-refractivity contribution in [2.45, 2.75) is 12.6 Å². The molecule has 1 saturated heterocycles. The molecule has 1 heterocycles. The zero-order valence-corrected chi connectivity index (χ0v) is 15.9. The Morgan fingerprint density at radius 3 is 2.24 bits per heavy atom. The second kappa shape index (κ2) is 8.41. The Hall–Kier alpha value is -2.61. The molecule has 9 heteroatoms. The molecule has 0 saturated carbocycles. The number of halogens is 5. The molecule has 0 bridgehead atoms. The number of alkyl halides is 3. The molecule has 2 aromatic rings. The summed E-state index contributed by atoms with van der Waals surface area (Å²) in [5.41, 5.74) is -1.08. The average Bonchev–Trinajstić information content (AvgIpc) is 2.69. The SMILES string of the molecule is O=C(Cc1ccccc1C(F)(F)F)N1CCN(C(=O)c2cc(Cl)ccc2F)CC1. The van der Waals surface area contributed by atoms with Crippen molar-refractivity contribution in [3.8, 4) is 0 Å². The van der Waals surface area contributed by atoms with Crippen molar-refractivity contribution >= 4 is 23.4 Å². The van der Waals surface area contributed by atoms with Crippen LogP contribution < -0.4 is 0 Å². The molecule has 0 unspecified atom stereocenters. The number of piperazine rings is 1. The van der Waals surface area contributed by atoms with Gasteiger partial charge in [-0.25, -0.2) is 4.39 Å². The molecule has 1 fully saturated rings. The monoisotopic (exact) mass is 428 g/mol. The van der Waals surface area contributed by atoms with Crippen LogP contribution in [-0.2, 0) is 17.4 Å². The summed E-state index contributed by atoms with van der Waals surface area (Å²) in [6, 6.07) is 8.63. The maximum absolute atomic E-state index is 13.9. The molecule has 4 nitrogen and oxygen atoms in total. The van der Waals surface area contributed by atoms with Crippen LogP contribution in [0.15, 0.2) is 42.5 Å². The van der Waals surface area contributed by atoms with Gasteiger partial charge in [0, 0.05) is 31.2 Å². The lowest BCUT2D eigenvalue weighted by Crippen LogP contribution is -2.51. The van der Waals surface area contributed by atoms with Crippen LogP contribution in [-0.4, -0.2) is 47.8 Å². The van der Waals surface area contributed by atoms with Crippen LogP contribution in [0.1, 0.15) is 21.5 Å². The Morgan fingerprint density at radius 2 is 1.59 bits per heavy atom. The molecule has 0 atom stereocenters. The molecule has 2 amide bonds. The summed E-state index contributed by atoms with van der Waals surface area (Å²) >= 11 is 5.82. The third kappa shape index (κ3) is 4.87. The second-order valence-electron chi connectivity index (χ2n) is 6.63. The van der Waals surface area contributed by atoms with E-state index in [9.17, 15) is 27.2 Å². The van der Waals surface area contributed by atoms with E-state index >= 15 is 0 Å². The zero-order chi connectivity index (χ0) is 21.2. The number of hydrogen-bond donors (Lipinski definition) is 0. The van der Waals surface area contributed by atoms with Crippen LogP contribution in [0.3, 0.4) is 0 Å². The quantitative estimate of drug-likeness (QED) is 0.693. The van der Waals surface area contributed by atoms with Gasteiger partial charge in [-0.15, -0.1) is 0 Å². The summed E-state index contributed by atoms with van der Waals surface area (Å²) in [5.74, 6) is -1.69. The fraction of sp³-hybridized carbons (Fsp3) is 0.300. The van der Waals surface area contributed by atoms with Crippen LogP contribution in [0, 0.1) is 5.82 Å². The Bertz CT molecular complexity index is 925. The van der Waals surface area contributed by atoms with Gasteiger partial charge < -0.3 is 9.80 Å². The van der Waals surface area contributed by atoms with Gasteiger partial charge in [0.05, 0.1) is 17.5 Å². The van der Waals surface area contributed by atoms with Crippen LogP contribution in [0.25, 0.3) is 0 Å². The minimum atomic E-state index is -4.54. The molecule has 0 aromatic heterocycles. The van der Waals surface area contributed by atoms with E-state index in [0.717, 1.165) is 12.1 Å². The number of nitrogens with zero attached hydrogens (tertiary/aromatic N) is 2. The predicted molar refractivity (Wildman–Crippen MR) is 99.0 cm³/mol. The van der Waals surface area contributed by atoms with E-state index < -0.39 is 29.4 Å². The maximum Gasteiger partial charge on any atom is 0.416 e. The molecule has 0 radical (unpaired) electrons. The smallest absolute Gasteiger partial charge is 0.339 e. The lowest BCUT2D eigenvalue weighted by molar-refractivity contribution is -0.138. The summed E-state index contributed by atoms with van der Waals surface area (Å²) < 4.78 is 53.2. The fourth-order valence-electron chi connectivity index (χ4n) is 3.22. The largest absolute Gasteiger partial charge is 0.416 e. The summed E-state index contributed by atoms with van der Waals surface area (Å²) in [6.07, 6.45) is -4.92. The zero-order valence-electron chi connectivity index (χ0n) is 15.2. The third-order valence-corrected chi connectivity index (χ3v) is 4.98. The molecule has 2 aromatic carbocycles. The molecular weight excluding hydrogens is 412 g/mol. The summed E-state index contributed by atoms with van der Waals surface area (Å²) in [5, 5.41) is 0.229. The highest BCUT2D eigenvalue weighted by molar-refractivity contribution is 6.31. The van der Waals surface area contributed by atoms with Gasteiger partial charge in [0.1, 0.15) is 5.82 Å². The van der Waals surface area contributed by atoms with E-state index in [0.29, 0.717) is 0 Å². The average molecular weight is 429 g/mol. The van der Waals surface area contributed by atoms with Crippen molar-refractivity contribution in [1.29, 1.82) is 0 Å². The number of carbonyl (C=O) groups is 2. The Morgan fingerprint density at radius 1 is 0.966 bits per heavy atom. The first-order chi connectivity index (χ1) is 13.7. The van der Waals surface area contributed by atoms with Crippen molar-refractivity contribution in [2.24, 2.45) is 0 Å². The lowest BCUT2D eigenvalue weighted by Gasteiger charge is -2.35. The second-order valence-corrected chi connectivity index (χ2v) is 7.07. The number of benzene rings is 2. The first-order valence-electron chi connectivity index (χ1n) is 8.84. The molecule has 0 spiro atoms. The van der Waals surface area contributed by atoms with Crippen molar-refractivity contribution < 1.29 is 27.2 Å². The summed E-state index contributed by atoms with van der Waals surface area (Å²) in [4.78, 5) is 27.8. The maximum atomic E-state index is 13.9. The van der Waals surface area contributed by atoms with E-state index in [-0.39, 0.29) is 48.7 Å². The van der Waals surface area contributed by atoms with Gasteiger partial charge in [0.2, 0.25) is 5.91 Å². The van der Waals surface area contributed by atoms with E-state index in [1.165, 1.54) is 40.1 Å². The number of amides is 2. The Kier molecular flexibility index (Phi) is 6.12. The molecule has 1 aliphatic heterocycles. The number of carbonyl (C=O) groups excluding carboxylic acids is 2. The molecule has 0 N–H and O–H groups in total. The molecule has 0 aliphatic carbocycles. The number of hydrogen-bond acceptors (Lipinski definition) is 2. The van der Waals surface area contributed by atoms with Crippen molar-refractivity contribution in [1.82, 2.24) is 9.80 Å². The highest BCUT2D eigenvalue weighted by atomic mass is 35.5. The minimum absolute atomic E-state index is 0.0931. The molecule has 29 heavy (non-hydrogen) atoms. The van der Waals surface area contributed by atoms with Gasteiger partial charge in [0.15, 0.2) is 0 Å². The van der Waals surface area contributed by atoms with E-state index in [2.05, 4.69) is 0 Å². The number of rotatable bonds is 3. The molecule has 154 valence electrons. The lowest BCUT2D eigenvalue weighted by atomic mass is 10.0. The first kappa shape index (κ1) is 21.1. The van der Waals surface area contributed by atoms with Crippen LogP contribution in [0.5, 0.6) is 0 Å². The minimum Gasteiger partial charge on any atom is -0.339 e. The van der Waals surface area contributed by atoms with Crippen LogP contribution >= 0.6 is 11.6 Å². The first-order valence-corrected chi connectivity index (χ1v) is 9.22. The van der Waals surface area contributed by atoms with Gasteiger partial charge >= 0.3 is 6.18 Å². The topological polar surface area (TPSA) is 40.6 Å². The summed E-state index contributed by atoms with van der Waals surface area (Å²) in [6.45, 7) is 0.608. The van der Waals surface area contributed by atoms with Crippen molar-refractivity contribution in [2.75, 3.05) is 26.2 Å². The normalized spacial score (nSPS) is 14.8. The predicted octanol–water partition coefficient (Wildman–Crippen LogP) is 4.03. The molecule has 1 aliphatic rings. The third-order valence-electron chi connectivity index (χ3n) is 4.74. The van der Waals surface area contributed by atoms with E-state index in [1.54, 1.807) is 0 Å². The molecule has 3 rings (SSSR count). The van der Waals surface area contributed by atoms with Gasteiger partial charge in [-0.05, 0) is 29.8 Å². The van der Waals surface area contributed by atoms with E-state index in [1.807, 2.05) is 0 Å². The van der Waals surface area contributed by atoms with Crippen molar-refractivity contribution in [3.63, 3.8) is 0 Å². The standard InChI is InChI=1S/C20H17ClF4N2O2/c21-14-5-6-17(22)15(12-14)19(29)27-9-7-26(8-10-27)18(28)11-13-3-1-2-4-16(13)20(23,24)25/h1-6,12H,7-11H2. The van der Waals surface area contributed by atoms with Gasteiger partial charge in [-0.2, -0.15) is 13.2 Å². The Labute approximate surface area is 169 Å². The van der Waals surface area contributed by atoms with Crippen LogP contribution in [0.2, 0.25) is 5.02 Å². The highest BCUT2D eigenvalue weighted by Crippen LogP contribution is 2.32. The molecular formula is C20H17ClF4N2O2. The van der Waals surface area contributed by atoms with Gasteiger partial charge in [-0.1, -0.05) is 29.8 Å². The van der Waals surface area contributed by atoms with Crippen molar-refractivity contribution in [3.05, 3.63) is 70.0 Å². The van der Waals surface area contributed by atoms with Crippen LogP contribution in [0.4, 0.5) is 17.6 Å². The van der Waals surface area contributed by atoms with Gasteiger partial charge in [0.25, 0.3) is 5.91 Å². The fourth-order valence-corrected chi connectivity index (χ4v) is 3.39. The summed E-state index contributed by atoms with van der Waals surface area (Å²) in [7, 11) is 0.